The Morgan fingerprint density at radius 2 is 2.24 bits per heavy atom. The minimum atomic E-state index is -0.268. The zero-order valence-electron chi connectivity index (χ0n) is 14.3. The van der Waals surface area contributed by atoms with Crippen molar-refractivity contribution in [3.05, 3.63) is 59.4 Å². The molecule has 0 bridgehead atoms. The number of ether oxygens (including phenoxy) is 1. The number of halogens is 1. The number of benzene rings is 2. The molecule has 0 saturated carbocycles. The summed E-state index contributed by atoms with van der Waals surface area (Å²) in [6, 6.07) is 8.78. The molecule has 1 unspecified atom stereocenters. The second kappa shape index (κ2) is 7.49. The number of nitrogens with two attached hydrogens (primary N) is 1. The molecule has 25 heavy (non-hydrogen) atoms. The molecule has 130 valence electrons. The standard InChI is InChI=1S/C20H22FN3O/c1-3-17-15(11-24-22)9-14(20-13(2)5-4-6-18(20)21)10-19(17)25-16-7-8-23-12-16/h3-6,9-11,16,23H,1,7-8,12,22H2,2H3/b24-11-. The van der Waals surface area contributed by atoms with Gasteiger partial charge in [0.25, 0.3) is 0 Å². The first-order chi connectivity index (χ1) is 12.1. The molecule has 0 aliphatic carbocycles. The van der Waals surface area contributed by atoms with Gasteiger partial charge in [-0.2, -0.15) is 5.10 Å². The largest absolute Gasteiger partial charge is 0.488 e. The number of rotatable bonds is 5. The number of nitrogens with zero attached hydrogens (tertiary/aromatic N) is 1. The van der Waals surface area contributed by atoms with Crippen LogP contribution in [0.4, 0.5) is 4.39 Å². The minimum absolute atomic E-state index is 0.0818. The molecule has 1 aliphatic rings. The van der Waals surface area contributed by atoms with Crippen LogP contribution in [-0.4, -0.2) is 25.4 Å². The highest BCUT2D eigenvalue weighted by Crippen LogP contribution is 2.34. The summed E-state index contributed by atoms with van der Waals surface area (Å²) in [6.07, 6.45) is 4.27. The first kappa shape index (κ1) is 17.2. The van der Waals surface area contributed by atoms with E-state index in [1.54, 1.807) is 12.1 Å². The van der Waals surface area contributed by atoms with E-state index < -0.39 is 0 Å². The molecule has 0 spiro atoms. The van der Waals surface area contributed by atoms with Crippen LogP contribution in [0.3, 0.4) is 0 Å². The monoisotopic (exact) mass is 339 g/mol. The van der Waals surface area contributed by atoms with Crippen LogP contribution >= 0.6 is 0 Å². The Labute approximate surface area is 147 Å². The van der Waals surface area contributed by atoms with Crippen molar-refractivity contribution in [3.63, 3.8) is 0 Å². The second-order valence-electron chi connectivity index (χ2n) is 6.12. The van der Waals surface area contributed by atoms with Crippen LogP contribution in [0.25, 0.3) is 17.2 Å². The van der Waals surface area contributed by atoms with Crippen molar-refractivity contribution >= 4 is 12.3 Å². The Morgan fingerprint density at radius 1 is 1.40 bits per heavy atom. The predicted octanol–water partition coefficient (Wildman–Crippen LogP) is 3.48. The Morgan fingerprint density at radius 3 is 2.88 bits per heavy atom. The van der Waals surface area contributed by atoms with Gasteiger partial charge in [0.05, 0.1) is 6.21 Å². The van der Waals surface area contributed by atoms with Crippen LogP contribution in [0.2, 0.25) is 0 Å². The molecular formula is C20H22FN3O. The van der Waals surface area contributed by atoms with Gasteiger partial charge in [0, 0.05) is 23.2 Å². The summed E-state index contributed by atoms with van der Waals surface area (Å²) in [5.41, 5.74) is 3.70. The fraction of sp³-hybridized carbons (Fsp3) is 0.250. The van der Waals surface area contributed by atoms with E-state index in [1.165, 1.54) is 12.3 Å². The number of hydrogen-bond acceptors (Lipinski definition) is 4. The van der Waals surface area contributed by atoms with E-state index in [2.05, 4.69) is 17.0 Å². The van der Waals surface area contributed by atoms with E-state index in [9.17, 15) is 4.39 Å². The lowest BCUT2D eigenvalue weighted by atomic mass is 9.95. The van der Waals surface area contributed by atoms with E-state index in [0.717, 1.165) is 41.8 Å². The van der Waals surface area contributed by atoms with Crippen molar-refractivity contribution in [1.82, 2.24) is 5.32 Å². The normalized spacial score (nSPS) is 17.1. The van der Waals surface area contributed by atoms with Gasteiger partial charge in [-0.3, -0.25) is 0 Å². The first-order valence-corrected chi connectivity index (χ1v) is 8.30. The van der Waals surface area contributed by atoms with Gasteiger partial charge in [0.2, 0.25) is 0 Å². The fourth-order valence-corrected chi connectivity index (χ4v) is 3.20. The topological polar surface area (TPSA) is 59.6 Å². The van der Waals surface area contributed by atoms with E-state index >= 15 is 0 Å². The first-order valence-electron chi connectivity index (χ1n) is 8.30. The smallest absolute Gasteiger partial charge is 0.131 e. The SMILES string of the molecule is C=Cc1c(/C=N\N)cc(-c2c(C)cccc2F)cc1OC1CCNC1. The van der Waals surface area contributed by atoms with Gasteiger partial charge in [0.15, 0.2) is 0 Å². The Kier molecular flexibility index (Phi) is 5.14. The quantitative estimate of drug-likeness (QED) is 0.498. The van der Waals surface area contributed by atoms with E-state index in [-0.39, 0.29) is 11.9 Å². The predicted molar refractivity (Wildman–Crippen MR) is 100 cm³/mol. The highest BCUT2D eigenvalue weighted by Gasteiger charge is 2.20. The zero-order chi connectivity index (χ0) is 17.8. The third-order valence-corrected chi connectivity index (χ3v) is 4.41. The molecule has 0 amide bonds. The fourth-order valence-electron chi connectivity index (χ4n) is 3.20. The van der Waals surface area contributed by atoms with E-state index in [0.29, 0.717) is 11.3 Å². The van der Waals surface area contributed by atoms with Crippen molar-refractivity contribution in [2.45, 2.75) is 19.4 Å². The lowest BCUT2D eigenvalue weighted by Gasteiger charge is -2.18. The molecule has 3 rings (SSSR count). The molecule has 1 aliphatic heterocycles. The van der Waals surface area contributed by atoms with Gasteiger partial charge in [-0.1, -0.05) is 24.8 Å². The second-order valence-corrected chi connectivity index (χ2v) is 6.12. The number of nitrogens with one attached hydrogen (secondary N) is 1. The van der Waals surface area contributed by atoms with Crippen molar-refractivity contribution in [1.29, 1.82) is 0 Å². The summed E-state index contributed by atoms with van der Waals surface area (Å²) < 4.78 is 20.6. The molecular weight excluding hydrogens is 317 g/mol. The lowest BCUT2D eigenvalue weighted by molar-refractivity contribution is 0.222. The maximum absolute atomic E-state index is 14.4. The van der Waals surface area contributed by atoms with Gasteiger partial charge >= 0.3 is 0 Å². The number of aryl methyl sites for hydroxylation is 1. The number of hydrogen-bond donors (Lipinski definition) is 2. The molecule has 2 aromatic rings. The van der Waals surface area contributed by atoms with Crippen LogP contribution in [0.1, 0.15) is 23.1 Å². The van der Waals surface area contributed by atoms with Gasteiger partial charge in [-0.05, 0) is 49.2 Å². The molecule has 0 radical (unpaired) electrons. The summed E-state index contributed by atoms with van der Waals surface area (Å²) in [5, 5.41) is 6.91. The van der Waals surface area contributed by atoms with Crippen LogP contribution in [-0.2, 0) is 0 Å². The highest BCUT2D eigenvalue weighted by atomic mass is 19.1. The summed E-state index contributed by atoms with van der Waals surface area (Å²) in [5.74, 6) is 5.75. The Balaban J connectivity index is 2.15. The van der Waals surface area contributed by atoms with E-state index in [1.807, 2.05) is 25.1 Å². The summed E-state index contributed by atoms with van der Waals surface area (Å²) in [4.78, 5) is 0. The Bertz CT molecular complexity index is 791. The van der Waals surface area contributed by atoms with Crippen molar-refractivity contribution in [2.75, 3.05) is 13.1 Å². The third kappa shape index (κ3) is 3.56. The molecule has 1 fully saturated rings. The van der Waals surface area contributed by atoms with Crippen molar-refractivity contribution < 1.29 is 9.13 Å². The average molecular weight is 339 g/mol. The van der Waals surface area contributed by atoms with Gasteiger partial charge in [-0.25, -0.2) is 4.39 Å². The molecule has 1 heterocycles. The maximum atomic E-state index is 14.4. The molecule has 0 aromatic heterocycles. The van der Waals surface area contributed by atoms with Gasteiger partial charge < -0.3 is 15.9 Å². The summed E-state index contributed by atoms with van der Waals surface area (Å²) in [7, 11) is 0. The molecule has 1 atom stereocenters. The Hall–Kier alpha value is -2.66. The van der Waals surface area contributed by atoms with Gasteiger partial charge in [-0.15, -0.1) is 0 Å². The molecule has 4 nitrogen and oxygen atoms in total. The molecule has 2 aromatic carbocycles. The van der Waals surface area contributed by atoms with Crippen molar-refractivity contribution in [3.8, 4) is 16.9 Å². The number of hydrazone groups is 1. The summed E-state index contributed by atoms with van der Waals surface area (Å²) >= 11 is 0. The minimum Gasteiger partial charge on any atom is -0.488 e. The molecule has 5 heteroatoms. The maximum Gasteiger partial charge on any atom is 0.131 e. The highest BCUT2D eigenvalue weighted by molar-refractivity contribution is 5.90. The zero-order valence-corrected chi connectivity index (χ0v) is 14.3. The molecule has 1 saturated heterocycles. The van der Waals surface area contributed by atoms with Crippen LogP contribution in [0.15, 0.2) is 42.0 Å². The molecule has 3 N–H and O–H groups in total. The van der Waals surface area contributed by atoms with Gasteiger partial charge in [0.1, 0.15) is 17.7 Å². The lowest BCUT2D eigenvalue weighted by Crippen LogP contribution is -2.20. The van der Waals surface area contributed by atoms with Crippen LogP contribution in [0, 0.1) is 12.7 Å². The summed E-state index contributed by atoms with van der Waals surface area (Å²) in [6.45, 7) is 7.48. The van der Waals surface area contributed by atoms with Crippen LogP contribution < -0.4 is 15.9 Å². The van der Waals surface area contributed by atoms with E-state index in [4.69, 9.17) is 10.6 Å². The van der Waals surface area contributed by atoms with Crippen LogP contribution in [0.5, 0.6) is 5.75 Å². The third-order valence-electron chi connectivity index (χ3n) is 4.41. The van der Waals surface area contributed by atoms with Crippen molar-refractivity contribution in [2.24, 2.45) is 10.9 Å². The average Bonchev–Trinajstić information content (AvgIpc) is 3.08.